The van der Waals surface area contributed by atoms with E-state index >= 15 is 0 Å². The lowest BCUT2D eigenvalue weighted by Gasteiger charge is -2.19. The molecule has 7 aromatic rings. The van der Waals surface area contributed by atoms with E-state index in [1.807, 2.05) is 86.6 Å². The molecule has 2 amide bonds. The average Bonchev–Trinajstić information content (AvgIpc) is 4.15. The van der Waals surface area contributed by atoms with Gasteiger partial charge in [0.2, 0.25) is 0 Å². The van der Waals surface area contributed by atoms with E-state index in [1.165, 1.54) is 0 Å². The summed E-state index contributed by atoms with van der Waals surface area (Å²) < 4.78 is 4.17. The summed E-state index contributed by atoms with van der Waals surface area (Å²) >= 11 is 9.62. The number of amides is 2. The molecule has 0 radical (unpaired) electrons. The Kier molecular flexibility index (Phi) is 12.9. The Morgan fingerprint density at radius 2 is 1.20 bits per heavy atom. The van der Waals surface area contributed by atoms with Gasteiger partial charge >= 0.3 is 0 Å². The van der Waals surface area contributed by atoms with Crippen molar-refractivity contribution in [3.05, 3.63) is 117 Å². The van der Waals surface area contributed by atoms with E-state index in [-0.39, 0.29) is 11.8 Å². The van der Waals surface area contributed by atoms with Crippen molar-refractivity contribution in [3.63, 3.8) is 0 Å². The van der Waals surface area contributed by atoms with E-state index in [4.69, 9.17) is 16.7 Å². The molecule has 0 saturated heterocycles. The number of benzene rings is 3. The summed E-state index contributed by atoms with van der Waals surface area (Å²) in [4.78, 5) is 34.1. The molecule has 338 valence electrons. The number of hydrogen-bond donors (Lipinski definition) is 7. The first kappa shape index (κ1) is 45.5. The first-order valence-electron chi connectivity index (χ1n) is 21.6. The second-order valence-corrected chi connectivity index (χ2v) is 19.4. The Morgan fingerprint density at radius 1 is 0.708 bits per heavy atom. The monoisotopic (exact) mass is 961 g/mol. The first-order valence-corrected chi connectivity index (χ1v) is 22.8. The summed E-state index contributed by atoms with van der Waals surface area (Å²) in [7, 11) is 0. The van der Waals surface area contributed by atoms with Gasteiger partial charge in [0.1, 0.15) is 4.60 Å². The number of nitrogens with zero attached hydrogens (tertiary/aromatic N) is 6. The molecule has 7 N–H and O–H groups in total. The van der Waals surface area contributed by atoms with Crippen LogP contribution in [0, 0.1) is 13.8 Å². The smallest absolute Gasteiger partial charge is 0.251 e. The molecular weight excluding hydrogens is 910 g/mol. The highest BCUT2D eigenvalue weighted by Crippen LogP contribution is 2.31. The highest BCUT2D eigenvalue weighted by Gasteiger charge is 2.26. The van der Waals surface area contributed by atoms with E-state index in [0.717, 1.165) is 76.4 Å². The number of rotatable bonds is 14. The number of carbonyl (C=O) groups excluding carboxylic acids is 2. The largest absolute Gasteiger partial charge is 0.389 e. The number of aryl methyl sites for hydroxylation is 2. The van der Waals surface area contributed by atoms with Crippen molar-refractivity contribution in [1.82, 2.24) is 39.8 Å². The molecule has 2 aliphatic rings. The average molecular weight is 963 g/mol. The van der Waals surface area contributed by atoms with E-state index < -0.39 is 11.2 Å². The van der Waals surface area contributed by atoms with Crippen LogP contribution in [0.4, 0.5) is 22.9 Å². The van der Waals surface area contributed by atoms with Crippen LogP contribution in [0.5, 0.6) is 0 Å². The highest BCUT2D eigenvalue weighted by molar-refractivity contribution is 9.10. The van der Waals surface area contributed by atoms with Crippen molar-refractivity contribution in [1.29, 1.82) is 0 Å². The summed E-state index contributed by atoms with van der Waals surface area (Å²) in [6.07, 6.45) is 7.75. The first-order chi connectivity index (χ1) is 30.9. The Labute approximate surface area is 390 Å². The fraction of sp³-hybridized carbons (Fsp3) is 0.333. The fourth-order valence-electron chi connectivity index (χ4n) is 7.10. The van der Waals surface area contributed by atoms with Crippen LogP contribution in [0.25, 0.3) is 33.8 Å². The molecule has 2 saturated carbocycles. The van der Waals surface area contributed by atoms with Gasteiger partial charge in [-0.1, -0.05) is 29.8 Å². The number of aromatic nitrogens is 6. The summed E-state index contributed by atoms with van der Waals surface area (Å²) in [5, 5.41) is 46.1. The van der Waals surface area contributed by atoms with Gasteiger partial charge in [0, 0.05) is 64.2 Å². The van der Waals surface area contributed by atoms with Crippen LogP contribution in [0.2, 0.25) is 5.02 Å². The van der Waals surface area contributed by atoms with Crippen LogP contribution in [0.15, 0.2) is 89.8 Å². The van der Waals surface area contributed by atoms with E-state index in [1.54, 1.807) is 49.1 Å². The minimum absolute atomic E-state index is 0.0198. The molecular formula is C48H53BrClN11O4. The zero-order valence-corrected chi connectivity index (χ0v) is 39.5. The van der Waals surface area contributed by atoms with E-state index in [0.29, 0.717) is 63.0 Å². The molecule has 0 unspecified atom stereocenters. The van der Waals surface area contributed by atoms with Gasteiger partial charge in [-0.05, 0) is 143 Å². The Hall–Kier alpha value is -6.07. The van der Waals surface area contributed by atoms with Gasteiger partial charge in [0.15, 0.2) is 17.1 Å². The lowest BCUT2D eigenvalue weighted by atomic mass is 10.0. The quantitative estimate of drug-likeness (QED) is 0.0551. The Balaban J connectivity index is 0.000000181. The van der Waals surface area contributed by atoms with Gasteiger partial charge in [0.05, 0.1) is 46.4 Å². The topological polar surface area (TPSA) is 195 Å². The van der Waals surface area contributed by atoms with Crippen LogP contribution < -0.4 is 26.6 Å². The molecule has 4 heterocycles. The minimum atomic E-state index is -0.912. The molecule has 3 aromatic carbocycles. The van der Waals surface area contributed by atoms with Gasteiger partial charge in [0.25, 0.3) is 11.8 Å². The molecule has 2 aliphatic carbocycles. The van der Waals surface area contributed by atoms with Crippen molar-refractivity contribution in [2.45, 2.75) is 90.5 Å². The van der Waals surface area contributed by atoms with Crippen LogP contribution in [-0.4, -0.2) is 87.6 Å². The number of anilines is 4. The molecule has 0 aliphatic heterocycles. The van der Waals surface area contributed by atoms with Crippen molar-refractivity contribution >= 4 is 73.5 Å². The third-order valence-corrected chi connectivity index (χ3v) is 11.4. The number of hydrogen-bond acceptors (Lipinski definition) is 11. The van der Waals surface area contributed by atoms with E-state index in [9.17, 15) is 19.8 Å². The lowest BCUT2D eigenvalue weighted by molar-refractivity contribution is 0.0939. The minimum Gasteiger partial charge on any atom is -0.389 e. The highest BCUT2D eigenvalue weighted by atomic mass is 79.9. The zero-order chi connectivity index (χ0) is 46.2. The van der Waals surface area contributed by atoms with Gasteiger partial charge in [-0.25, -0.2) is 19.0 Å². The summed E-state index contributed by atoms with van der Waals surface area (Å²) in [6.45, 7) is 11.6. The second-order valence-electron chi connectivity index (χ2n) is 18.1. The number of halogens is 2. The molecule has 0 atom stereocenters. The van der Waals surface area contributed by atoms with Crippen molar-refractivity contribution < 1.29 is 19.8 Å². The number of fused-ring (bicyclic) bond motifs is 2. The molecule has 0 spiro atoms. The van der Waals surface area contributed by atoms with Crippen LogP contribution in [0.3, 0.4) is 0 Å². The number of carbonyl (C=O) groups is 2. The standard InChI is InChI=1S/C27H29ClN6O2.C21H24BrN5O2/c1-16-11-17(7-10-21(16)26(35)32-19-8-9-19)23-14-29-25-22(30-15-27(2,3)36)13-24(33-34(23)25)31-20-6-4-5-18(28)12-20;1-12-8-13(4-7-15(12)20(28)25-14-5-6-14)17-10-23-19-16(24-11-21(2,3)29)9-18(22)26-27(17)19/h4-7,10-14,19,30,36H,8-9,15H2,1-3H3,(H,31,33)(H,32,35);4,7-10,14,24,29H,5-6,11H2,1-3H3,(H,25,28). The van der Waals surface area contributed by atoms with Crippen molar-refractivity contribution in [3.8, 4) is 22.5 Å². The molecule has 0 bridgehead atoms. The third kappa shape index (κ3) is 11.4. The SMILES string of the molecule is Cc1cc(-c2cnc3c(NCC(C)(C)O)cc(Br)nn23)ccc1C(=O)NC1CC1.Cc1cc(-c2cnc3c(NCC(C)(C)O)cc(Nc4cccc(Cl)c4)nn23)ccc1C(=O)NC1CC1. The third-order valence-electron chi connectivity index (χ3n) is 10.8. The zero-order valence-electron chi connectivity index (χ0n) is 37.1. The van der Waals surface area contributed by atoms with Crippen molar-refractivity contribution in [2.24, 2.45) is 0 Å². The molecule has 4 aromatic heterocycles. The predicted octanol–water partition coefficient (Wildman–Crippen LogP) is 8.72. The Bertz CT molecular complexity index is 2910. The van der Waals surface area contributed by atoms with Crippen LogP contribution in [-0.2, 0) is 0 Å². The molecule has 15 nitrogen and oxygen atoms in total. The molecule has 2 fully saturated rings. The molecule has 9 rings (SSSR count). The van der Waals surface area contributed by atoms with Gasteiger partial charge in [-0.3, -0.25) is 9.59 Å². The summed E-state index contributed by atoms with van der Waals surface area (Å²) in [5.74, 6) is 0.525. The number of aliphatic hydroxyl groups is 2. The van der Waals surface area contributed by atoms with Gasteiger partial charge in [-0.15, -0.1) is 5.10 Å². The van der Waals surface area contributed by atoms with Gasteiger partial charge in [-0.2, -0.15) is 5.10 Å². The van der Waals surface area contributed by atoms with Crippen LogP contribution >= 0.6 is 27.5 Å². The van der Waals surface area contributed by atoms with E-state index in [2.05, 4.69) is 57.6 Å². The number of nitrogens with one attached hydrogen (secondary N) is 5. The maximum absolute atomic E-state index is 12.6. The normalized spacial score (nSPS) is 13.9. The predicted molar refractivity (Wildman–Crippen MR) is 259 cm³/mol. The maximum Gasteiger partial charge on any atom is 0.251 e. The number of imidazole rings is 2. The summed E-state index contributed by atoms with van der Waals surface area (Å²) in [5.41, 5.74) is 8.40. The summed E-state index contributed by atoms with van der Waals surface area (Å²) in [6, 6.07) is 23.2. The van der Waals surface area contributed by atoms with Crippen LogP contribution in [0.1, 0.15) is 85.2 Å². The second kappa shape index (κ2) is 18.4. The molecule has 65 heavy (non-hydrogen) atoms. The lowest BCUT2D eigenvalue weighted by Crippen LogP contribution is -2.29. The molecule has 17 heteroatoms. The van der Waals surface area contributed by atoms with Crippen molar-refractivity contribution in [2.75, 3.05) is 29.0 Å². The fourth-order valence-corrected chi connectivity index (χ4v) is 7.67. The maximum atomic E-state index is 12.6. The Morgan fingerprint density at radius 3 is 1.66 bits per heavy atom. The van der Waals surface area contributed by atoms with Gasteiger partial charge < -0.3 is 36.8 Å².